The third-order valence-electron chi connectivity index (χ3n) is 3.14. The van der Waals surface area contributed by atoms with Crippen LogP contribution in [0.25, 0.3) is 0 Å². The summed E-state index contributed by atoms with van der Waals surface area (Å²) in [5, 5.41) is 22.2. The molecule has 5 heteroatoms. The van der Waals surface area contributed by atoms with Gasteiger partial charge < -0.3 is 20.3 Å². The van der Waals surface area contributed by atoms with Gasteiger partial charge in [-0.1, -0.05) is 0 Å². The van der Waals surface area contributed by atoms with E-state index in [0.717, 1.165) is 5.56 Å². The molecule has 1 amide bonds. The Balaban J connectivity index is 2.32. The van der Waals surface area contributed by atoms with Crippen molar-refractivity contribution in [3.05, 3.63) is 47.0 Å². The van der Waals surface area contributed by atoms with E-state index >= 15 is 0 Å². The quantitative estimate of drug-likeness (QED) is 0.758. The van der Waals surface area contributed by atoms with Gasteiger partial charge in [-0.3, -0.25) is 4.79 Å². The Labute approximate surface area is 122 Å². The molecule has 0 aromatic heterocycles. The number of amides is 1. The largest absolute Gasteiger partial charge is 0.508 e. The number of rotatable bonds is 3. The van der Waals surface area contributed by atoms with Gasteiger partial charge in [-0.15, -0.1) is 0 Å². The maximum atomic E-state index is 12.3. The van der Waals surface area contributed by atoms with E-state index in [1.165, 1.54) is 13.2 Å². The van der Waals surface area contributed by atoms with Crippen LogP contribution in [0.15, 0.2) is 30.3 Å². The number of ether oxygens (including phenoxy) is 1. The first kappa shape index (κ1) is 14.7. The van der Waals surface area contributed by atoms with Crippen molar-refractivity contribution in [2.45, 2.75) is 13.8 Å². The van der Waals surface area contributed by atoms with E-state index in [-0.39, 0.29) is 22.8 Å². The van der Waals surface area contributed by atoms with Crippen LogP contribution < -0.4 is 10.1 Å². The molecule has 0 fully saturated rings. The second-order valence-corrected chi connectivity index (χ2v) is 4.82. The molecule has 0 spiro atoms. The number of aromatic hydroxyl groups is 2. The molecule has 0 saturated heterocycles. The molecule has 0 aliphatic carbocycles. The summed E-state index contributed by atoms with van der Waals surface area (Å²) in [6.45, 7) is 3.54. The zero-order valence-corrected chi connectivity index (χ0v) is 12.1. The molecule has 0 aliphatic rings. The van der Waals surface area contributed by atoms with Gasteiger partial charge in [0.1, 0.15) is 5.75 Å². The minimum Gasteiger partial charge on any atom is -0.508 e. The third-order valence-corrected chi connectivity index (χ3v) is 3.14. The van der Waals surface area contributed by atoms with E-state index in [9.17, 15) is 15.0 Å². The molecule has 3 N–H and O–H groups in total. The highest BCUT2D eigenvalue weighted by Crippen LogP contribution is 2.32. The van der Waals surface area contributed by atoms with Crippen LogP contribution in [-0.4, -0.2) is 23.2 Å². The summed E-state index contributed by atoms with van der Waals surface area (Å²) in [6.07, 6.45) is 0. The van der Waals surface area contributed by atoms with Gasteiger partial charge in [-0.2, -0.15) is 0 Å². The van der Waals surface area contributed by atoms with Crippen molar-refractivity contribution in [1.82, 2.24) is 0 Å². The fourth-order valence-corrected chi connectivity index (χ4v) is 2.01. The van der Waals surface area contributed by atoms with Crippen molar-refractivity contribution in [1.29, 1.82) is 0 Å². The molecule has 0 aliphatic heterocycles. The lowest BCUT2D eigenvalue weighted by atomic mass is 10.1. The van der Waals surface area contributed by atoms with Crippen LogP contribution in [0.3, 0.4) is 0 Å². The van der Waals surface area contributed by atoms with Gasteiger partial charge in [0.05, 0.1) is 12.7 Å². The molecular formula is C16H17NO4. The van der Waals surface area contributed by atoms with Crippen molar-refractivity contribution < 1.29 is 19.7 Å². The van der Waals surface area contributed by atoms with Crippen LogP contribution in [-0.2, 0) is 0 Å². The lowest BCUT2D eigenvalue weighted by Gasteiger charge is -2.11. The Morgan fingerprint density at radius 2 is 1.86 bits per heavy atom. The second-order valence-electron chi connectivity index (χ2n) is 4.82. The lowest BCUT2D eigenvalue weighted by molar-refractivity contribution is 0.102. The molecule has 5 nitrogen and oxygen atoms in total. The molecule has 0 saturated carbocycles. The van der Waals surface area contributed by atoms with Crippen LogP contribution in [0.5, 0.6) is 17.2 Å². The first-order valence-corrected chi connectivity index (χ1v) is 6.41. The predicted molar refractivity (Wildman–Crippen MR) is 80.2 cm³/mol. The molecule has 110 valence electrons. The molecule has 2 aromatic rings. The fourth-order valence-electron chi connectivity index (χ4n) is 2.01. The third kappa shape index (κ3) is 3.08. The topological polar surface area (TPSA) is 78.8 Å². The monoisotopic (exact) mass is 287 g/mol. The summed E-state index contributed by atoms with van der Waals surface area (Å²) in [5.41, 5.74) is 2.13. The van der Waals surface area contributed by atoms with Gasteiger partial charge in [0.25, 0.3) is 5.91 Å². The summed E-state index contributed by atoms with van der Waals surface area (Å²) in [7, 11) is 1.43. The molecule has 0 radical (unpaired) electrons. The first-order chi connectivity index (χ1) is 9.92. The van der Waals surface area contributed by atoms with Gasteiger partial charge in [0, 0.05) is 5.69 Å². The standard InChI is InChI=1S/C16H17NO4/c1-9-6-12(15(19)14(7-9)21-3)16(20)17-11-4-5-13(18)10(2)8-11/h4-8,18-19H,1-3H3,(H,17,20). The van der Waals surface area contributed by atoms with E-state index in [4.69, 9.17) is 4.74 Å². The van der Waals surface area contributed by atoms with E-state index in [0.29, 0.717) is 11.3 Å². The lowest BCUT2D eigenvalue weighted by Crippen LogP contribution is -2.12. The van der Waals surface area contributed by atoms with Gasteiger partial charge >= 0.3 is 0 Å². The van der Waals surface area contributed by atoms with E-state index in [2.05, 4.69) is 5.32 Å². The summed E-state index contributed by atoms with van der Waals surface area (Å²) in [6, 6.07) is 7.97. The average Bonchev–Trinajstić information content (AvgIpc) is 2.44. The van der Waals surface area contributed by atoms with Crippen LogP contribution in [0, 0.1) is 13.8 Å². The number of nitrogens with one attached hydrogen (secondary N) is 1. The minimum atomic E-state index is -0.445. The first-order valence-electron chi connectivity index (χ1n) is 6.41. The Bertz CT molecular complexity index is 695. The number of hydrogen-bond acceptors (Lipinski definition) is 4. The number of methoxy groups -OCH3 is 1. The molecule has 0 atom stereocenters. The zero-order valence-electron chi connectivity index (χ0n) is 12.1. The molecule has 21 heavy (non-hydrogen) atoms. The Morgan fingerprint density at radius 1 is 1.14 bits per heavy atom. The average molecular weight is 287 g/mol. The SMILES string of the molecule is COc1cc(C)cc(C(=O)Nc2ccc(O)c(C)c2)c1O. The van der Waals surface area contributed by atoms with Crippen LogP contribution in [0.1, 0.15) is 21.5 Å². The van der Waals surface area contributed by atoms with Crippen molar-refractivity contribution in [3.8, 4) is 17.2 Å². The van der Waals surface area contributed by atoms with Crippen molar-refractivity contribution in [2.24, 2.45) is 0 Å². The van der Waals surface area contributed by atoms with Gasteiger partial charge in [-0.05, 0) is 55.3 Å². The Hall–Kier alpha value is -2.69. The zero-order chi connectivity index (χ0) is 15.6. The number of carbonyl (C=O) groups is 1. The number of anilines is 1. The summed E-state index contributed by atoms with van der Waals surface area (Å²) < 4.78 is 5.04. The minimum absolute atomic E-state index is 0.137. The fraction of sp³-hybridized carbons (Fsp3) is 0.188. The summed E-state index contributed by atoms with van der Waals surface area (Å²) >= 11 is 0. The van der Waals surface area contributed by atoms with Crippen molar-refractivity contribution in [2.75, 3.05) is 12.4 Å². The van der Waals surface area contributed by atoms with Crippen LogP contribution in [0.2, 0.25) is 0 Å². The Morgan fingerprint density at radius 3 is 2.48 bits per heavy atom. The number of carbonyl (C=O) groups excluding carboxylic acids is 1. The van der Waals surface area contributed by atoms with Gasteiger partial charge in [-0.25, -0.2) is 0 Å². The number of benzene rings is 2. The van der Waals surface area contributed by atoms with Crippen molar-refractivity contribution >= 4 is 11.6 Å². The number of phenols is 2. The maximum absolute atomic E-state index is 12.3. The maximum Gasteiger partial charge on any atom is 0.259 e. The molecule has 0 unspecified atom stereocenters. The Kier molecular flexibility index (Phi) is 4.03. The van der Waals surface area contributed by atoms with Crippen molar-refractivity contribution in [3.63, 3.8) is 0 Å². The predicted octanol–water partition coefficient (Wildman–Crippen LogP) is 2.98. The smallest absolute Gasteiger partial charge is 0.259 e. The molecular weight excluding hydrogens is 270 g/mol. The van der Waals surface area contributed by atoms with E-state index < -0.39 is 5.91 Å². The van der Waals surface area contributed by atoms with Gasteiger partial charge in [0.15, 0.2) is 11.5 Å². The van der Waals surface area contributed by atoms with Gasteiger partial charge in [0.2, 0.25) is 0 Å². The molecule has 2 rings (SSSR count). The van der Waals surface area contributed by atoms with E-state index in [1.54, 1.807) is 31.2 Å². The second kappa shape index (κ2) is 5.75. The number of phenolic OH excluding ortho intramolecular Hbond substituents is 2. The van der Waals surface area contributed by atoms with Crippen LogP contribution in [0.4, 0.5) is 5.69 Å². The highest BCUT2D eigenvalue weighted by atomic mass is 16.5. The molecule has 0 heterocycles. The highest BCUT2D eigenvalue weighted by Gasteiger charge is 2.16. The highest BCUT2D eigenvalue weighted by molar-refractivity contribution is 6.06. The number of hydrogen-bond donors (Lipinski definition) is 3. The normalized spacial score (nSPS) is 10.2. The van der Waals surface area contributed by atoms with Crippen LogP contribution >= 0.6 is 0 Å². The molecule has 2 aromatic carbocycles. The van der Waals surface area contributed by atoms with E-state index in [1.807, 2.05) is 6.92 Å². The summed E-state index contributed by atoms with van der Waals surface area (Å²) in [4.78, 5) is 12.3. The number of aryl methyl sites for hydroxylation is 2. The summed E-state index contributed by atoms with van der Waals surface area (Å²) in [5.74, 6) is -0.231. The molecule has 0 bridgehead atoms.